The highest BCUT2D eigenvalue weighted by atomic mass is 79.9. The van der Waals surface area contributed by atoms with E-state index >= 15 is 0 Å². The van der Waals surface area contributed by atoms with Crippen LogP contribution in [-0.4, -0.2) is 11.9 Å². The third kappa shape index (κ3) is 3.80. The van der Waals surface area contributed by atoms with E-state index in [1.54, 1.807) is 0 Å². The van der Waals surface area contributed by atoms with Gasteiger partial charge in [0.15, 0.2) is 0 Å². The van der Waals surface area contributed by atoms with Gasteiger partial charge in [0, 0.05) is 20.9 Å². The van der Waals surface area contributed by atoms with Gasteiger partial charge in [-0.05, 0) is 75.7 Å². The van der Waals surface area contributed by atoms with E-state index in [1.165, 1.54) is 0 Å². The lowest BCUT2D eigenvalue weighted by molar-refractivity contribution is -0.120. The molecule has 5 heteroatoms. The number of hydrogen-bond acceptors (Lipinski definition) is 2. The lowest BCUT2D eigenvalue weighted by Gasteiger charge is -2.26. The van der Waals surface area contributed by atoms with E-state index in [2.05, 4.69) is 37.2 Å². The highest BCUT2D eigenvalue weighted by molar-refractivity contribution is 9.11. The van der Waals surface area contributed by atoms with Crippen molar-refractivity contribution in [2.75, 3.05) is 5.32 Å². The number of anilines is 1. The van der Waals surface area contributed by atoms with Crippen LogP contribution in [0.5, 0.6) is 0 Å². The first-order valence-electron chi connectivity index (χ1n) is 6.49. The minimum atomic E-state index is 0.0313. The van der Waals surface area contributed by atoms with E-state index in [9.17, 15) is 4.79 Å². The van der Waals surface area contributed by atoms with Crippen LogP contribution in [0.3, 0.4) is 0 Å². The van der Waals surface area contributed by atoms with Crippen LogP contribution < -0.4 is 11.1 Å². The standard InChI is InChI=1S/C14H18Br2N2O/c1-8-5-11(15)13(12(16)6-8)18-14(19)9-3-2-4-10(17)7-9/h5-6,9-10H,2-4,7,17H2,1H3,(H,18,19). The predicted octanol–water partition coefficient (Wildman–Crippen LogP) is 3.98. The Labute approximate surface area is 130 Å². The van der Waals surface area contributed by atoms with E-state index in [1.807, 2.05) is 19.1 Å². The number of nitrogens with one attached hydrogen (secondary N) is 1. The second-order valence-corrected chi connectivity index (χ2v) is 6.93. The van der Waals surface area contributed by atoms with Crippen molar-refractivity contribution in [2.24, 2.45) is 11.7 Å². The second kappa shape index (κ2) is 6.37. The van der Waals surface area contributed by atoms with E-state index < -0.39 is 0 Å². The Morgan fingerprint density at radius 2 is 1.95 bits per heavy atom. The van der Waals surface area contributed by atoms with E-state index in [-0.39, 0.29) is 17.9 Å². The first kappa shape index (κ1) is 15.0. The Kier molecular flexibility index (Phi) is 5.03. The highest BCUT2D eigenvalue weighted by Crippen LogP contribution is 2.33. The number of benzene rings is 1. The lowest BCUT2D eigenvalue weighted by Crippen LogP contribution is -2.34. The summed E-state index contributed by atoms with van der Waals surface area (Å²) in [6.07, 6.45) is 3.78. The third-order valence-electron chi connectivity index (χ3n) is 3.52. The normalized spacial score (nSPS) is 23.2. The molecule has 3 nitrogen and oxygen atoms in total. The molecule has 1 aliphatic carbocycles. The Morgan fingerprint density at radius 3 is 2.53 bits per heavy atom. The molecule has 0 radical (unpaired) electrons. The maximum absolute atomic E-state index is 12.3. The zero-order chi connectivity index (χ0) is 14.0. The highest BCUT2D eigenvalue weighted by Gasteiger charge is 2.26. The molecular formula is C14H18Br2N2O. The molecule has 0 aromatic heterocycles. The van der Waals surface area contributed by atoms with Gasteiger partial charge in [-0.25, -0.2) is 0 Å². The Hall–Kier alpha value is -0.390. The van der Waals surface area contributed by atoms with Crippen LogP contribution >= 0.6 is 31.9 Å². The van der Waals surface area contributed by atoms with Gasteiger partial charge >= 0.3 is 0 Å². The summed E-state index contributed by atoms with van der Waals surface area (Å²) in [4.78, 5) is 12.3. The van der Waals surface area contributed by atoms with Crippen LogP contribution in [0.25, 0.3) is 0 Å². The smallest absolute Gasteiger partial charge is 0.227 e. The average molecular weight is 390 g/mol. The molecule has 104 valence electrons. The van der Waals surface area contributed by atoms with Gasteiger partial charge in [-0.1, -0.05) is 6.42 Å². The second-order valence-electron chi connectivity index (χ2n) is 5.22. The van der Waals surface area contributed by atoms with Crippen molar-refractivity contribution in [3.8, 4) is 0 Å². The molecule has 2 rings (SSSR count). The van der Waals surface area contributed by atoms with Gasteiger partial charge in [0.1, 0.15) is 0 Å². The van der Waals surface area contributed by atoms with Gasteiger partial charge in [0.05, 0.1) is 5.69 Å². The first-order valence-corrected chi connectivity index (χ1v) is 8.08. The van der Waals surface area contributed by atoms with Crippen LogP contribution in [0, 0.1) is 12.8 Å². The number of halogens is 2. The van der Waals surface area contributed by atoms with Crippen molar-refractivity contribution in [3.63, 3.8) is 0 Å². The molecule has 0 saturated heterocycles. The zero-order valence-corrected chi connectivity index (χ0v) is 14.1. The summed E-state index contributed by atoms with van der Waals surface area (Å²) in [5, 5.41) is 3.01. The largest absolute Gasteiger partial charge is 0.328 e. The number of hydrogen-bond donors (Lipinski definition) is 2. The number of nitrogens with two attached hydrogens (primary N) is 1. The fourth-order valence-electron chi connectivity index (χ4n) is 2.51. The molecule has 1 amide bonds. The third-order valence-corrected chi connectivity index (χ3v) is 4.77. The van der Waals surface area contributed by atoms with Crippen molar-refractivity contribution < 1.29 is 4.79 Å². The van der Waals surface area contributed by atoms with Gasteiger partial charge in [-0.15, -0.1) is 0 Å². The minimum absolute atomic E-state index is 0.0313. The summed E-state index contributed by atoms with van der Waals surface area (Å²) in [6, 6.07) is 4.15. The van der Waals surface area contributed by atoms with Crippen LogP contribution in [0.4, 0.5) is 5.69 Å². The number of carbonyl (C=O) groups is 1. The molecule has 0 heterocycles. The molecule has 1 aliphatic rings. The molecular weight excluding hydrogens is 372 g/mol. The molecule has 1 aromatic carbocycles. The Bertz CT molecular complexity index is 467. The maximum atomic E-state index is 12.3. The monoisotopic (exact) mass is 388 g/mol. The number of carbonyl (C=O) groups excluding carboxylic acids is 1. The molecule has 1 saturated carbocycles. The summed E-state index contributed by atoms with van der Waals surface area (Å²) in [5.41, 5.74) is 7.87. The van der Waals surface area contributed by atoms with E-state index in [4.69, 9.17) is 5.73 Å². The van der Waals surface area contributed by atoms with Gasteiger partial charge in [-0.3, -0.25) is 4.79 Å². The van der Waals surface area contributed by atoms with Crippen molar-refractivity contribution in [2.45, 2.75) is 38.6 Å². The van der Waals surface area contributed by atoms with Crippen LogP contribution in [-0.2, 0) is 4.79 Å². The van der Waals surface area contributed by atoms with E-state index in [0.29, 0.717) is 0 Å². The maximum Gasteiger partial charge on any atom is 0.227 e. The van der Waals surface area contributed by atoms with Crippen LogP contribution in [0.15, 0.2) is 21.1 Å². The fourth-order valence-corrected chi connectivity index (χ4v) is 4.12. The molecule has 0 bridgehead atoms. The topological polar surface area (TPSA) is 55.1 Å². The summed E-state index contributed by atoms with van der Waals surface area (Å²) in [6.45, 7) is 2.02. The Morgan fingerprint density at radius 1 is 1.32 bits per heavy atom. The van der Waals surface area contributed by atoms with Gasteiger partial charge in [-0.2, -0.15) is 0 Å². The molecule has 1 aromatic rings. The first-order chi connectivity index (χ1) is 8.97. The summed E-state index contributed by atoms with van der Waals surface area (Å²) >= 11 is 6.99. The van der Waals surface area contributed by atoms with Gasteiger partial charge in [0.25, 0.3) is 0 Å². The van der Waals surface area contributed by atoms with E-state index in [0.717, 1.165) is 45.9 Å². The van der Waals surface area contributed by atoms with Gasteiger partial charge < -0.3 is 11.1 Å². The number of rotatable bonds is 2. The molecule has 19 heavy (non-hydrogen) atoms. The summed E-state index contributed by atoms with van der Waals surface area (Å²) in [7, 11) is 0. The van der Waals surface area contributed by atoms with Crippen molar-refractivity contribution in [1.29, 1.82) is 0 Å². The van der Waals surface area contributed by atoms with Crippen molar-refractivity contribution in [3.05, 3.63) is 26.6 Å². The molecule has 0 spiro atoms. The van der Waals surface area contributed by atoms with Crippen molar-refractivity contribution >= 4 is 43.5 Å². The summed E-state index contributed by atoms with van der Waals surface area (Å²) < 4.78 is 1.79. The molecule has 3 N–H and O–H groups in total. The van der Waals surface area contributed by atoms with Gasteiger partial charge in [0.2, 0.25) is 5.91 Å². The predicted molar refractivity (Wildman–Crippen MR) is 85.1 cm³/mol. The lowest BCUT2D eigenvalue weighted by atomic mass is 9.85. The van der Waals surface area contributed by atoms with Crippen LogP contribution in [0.2, 0.25) is 0 Å². The molecule has 2 unspecified atom stereocenters. The number of amides is 1. The Balaban J connectivity index is 2.10. The molecule has 1 fully saturated rings. The average Bonchev–Trinajstić information content (AvgIpc) is 2.33. The minimum Gasteiger partial charge on any atom is -0.328 e. The fraction of sp³-hybridized carbons (Fsp3) is 0.500. The van der Waals surface area contributed by atoms with Crippen LogP contribution in [0.1, 0.15) is 31.2 Å². The zero-order valence-electron chi connectivity index (χ0n) is 10.9. The van der Waals surface area contributed by atoms with Crippen molar-refractivity contribution in [1.82, 2.24) is 0 Å². The SMILES string of the molecule is Cc1cc(Br)c(NC(=O)C2CCCC(N)C2)c(Br)c1. The molecule has 2 atom stereocenters. The summed E-state index contributed by atoms with van der Waals surface area (Å²) in [5.74, 6) is 0.101. The molecule has 0 aliphatic heterocycles. The number of aryl methyl sites for hydroxylation is 1. The quantitative estimate of drug-likeness (QED) is 0.803.